The van der Waals surface area contributed by atoms with Gasteiger partial charge in [0.15, 0.2) is 0 Å². The second-order valence-electron chi connectivity index (χ2n) is 4.19. The molecule has 0 aromatic carbocycles. The first-order chi connectivity index (χ1) is 7.91. The number of rotatable bonds is 11. The lowest BCUT2D eigenvalue weighted by Gasteiger charge is -1.94. The molecule has 0 rings (SSSR count). The molecular weight excluding hydrogens is 192 g/mol. The van der Waals surface area contributed by atoms with Crippen molar-refractivity contribution in [1.29, 1.82) is 0 Å². The van der Waals surface area contributed by atoms with E-state index >= 15 is 0 Å². The van der Waals surface area contributed by atoms with Crippen LogP contribution in [0.4, 0.5) is 0 Å². The van der Waals surface area contributed by atoms with E-state index in [1.807, 2.05) is 0 Å². The summed E-state index contributed by atoms with van der Waals surface area (Å²) in [6, 6.07) is 0. The summed E-state index contributed by atoms with van der Waals surface area (Å²) in [5.41, 5.74) is 0. The maximum atomic E-state index is 5.27. The highest BCUT2D eigenvalue weighted by Crippen LogP contribution is 2.04. The molecule has 0 aliphatic heterocycles. The minimum Gasteiger partial charge on any atom is -0.0885 e. The Morgan fingerprint density at radius 1 is 0.750 bits per heavy atom. The van der Waals surface area contributed by atoms with Gasteiger partial charge in [0.25, 0.3) is 0 Å². The lowest BCUT2D eigenvalue weighted by atomic mass is 10.1. The first kappa shape index (κ1) is 15.2. The van der Waals surface area contributed by atoms with Crippen molar-refractivity contribution in [2.24, 2.45) is 0 Å². The van der Waals surface area contributed by atoms with Crippen molar-refractivity contribution in [3.63, 3.8) is 0 Å². The van der Waals surface area contributed by atoms with Crippen LogP contribution in [0.15, 0.2) is 30.4 Å². The van der Waals surface area contributed by atoms with Gasteiger partial charge >= 0.3 is 0 Å². The van der Waals surface area contributed by atoms with Gasteiger partial charge in [0.1, 0.15) is 0 Å². The highest BCUT2D eigenvalue weighted by Gasteiger charge is 1.84. The standard InChI is InChI=1S/C16H27/c1-3-5-7-9-11-13-15-16-14-12-10-8-6-4-2/h1,3,7,9,12,14H,4-6,8,10-11,13,15-16H2,2H3/b3-1?,9-7+,14-12+. The third kappa shape index (κ3) is 13.2. The van der Waals surface area contributed by atoms with Crippen LogP contribution < -0.4 is 0 Å². The maximum Gasteiger partial charge on any atom is -0.0166 e. The lowest BCUT2D eigenvalue weighted by Crippen LogP contribution is -1.74. The van der Waals surface area contributed by atoms with Crippen LogP contribution in [-0.4, -0.2) is 0 Å². The van der Waals surface area contributed by atoms with Gasteiger partial charge in [-0.3, -0.25) is 0 Å². The maximum absolute atomic E-state index is 5.27. The molecule has 0 saturated heterocycles. The zero-order chi connectivity index (χ0) is 11.9. The second kappa shape index (κ2) is 14.2. The Labute approximate surface area is 102 Å². The number of unbranched alkanes of at least 4 members (excludes halogenated alkanes) is 6. The second-order valence-corrected chi connectivity index (χ2v) is 4.19. The summed E-state index contributed by atoms with van der Waals surface area (Å²) < 4.78 is 0. The zero-order valence-electron chi connectivity index (χ0n) is 10.8. The van der Waals surface area contributed by atoms with Crippen molar-refractivity contribution in [2.75, 3.05) is 0 Å². The van der Waals surface area contributed by atoms with Crippen LogP contribution in [-0.2, 0) is 0 Å². The van der Waals surface area contributed by atoms with Gasteiger partial charge in [-0.1, -0.05) is 56.7 Å². The van der Waals surface area contributed by atoms with Crippen molar-refractivity contribution in [1.82, 2.24) is 0 Å². The van der Waals surface area contributed by atoms with Crippen molar-refractivity contribution in [2.45, 2.75) is 64.7 Å². The smallest absolute Gasteiger partial charge is 0.0166 e. The molecule has 0 atom stereocenters. The van der Waals surface area contributed by atoms with Crippen molar-refractivity contribution in [3.05, 3.63) is 37.0 Å². The van der Waals surface area contributed by atoms with Crippen molar-refractivity contribution < 1.29 is 0 Å². The summed E-state index contributed by atoms with van der Waals surface area (Å²) in [6.07, 6.45) is 22.0. The fraction of sp³-hybridized carbons (Fsp3) is 0.625. The summed E-state index contributed by atoms with van der Waals surface area (Å²) in [6.45, 7) is 7.52. The fourth-order valence-corrected chi connectivity index (χ4v) is 1.56. The number of allylic oxidation sites excluding steroid dienone is 5. The van der Waals surface area contributed by atoms with Crippen molar-refractivity contribution >= 4 is 0 Å². The van der Waals surface area contributed by atoms with Crippen LogP contribution in [0.1, 0.15) is 64.7 Å². The highest BCUT2D eigenvalue weighted by atomic mass is 13.9. The Balaban J connectivity index is 3.11. The molecule has 0 heterocycles. The van der Waals surface area contributed by atoms with E-state index in [9.17, 15) is 0 Å². The molecule has 0 spiro atoms. The summed E-state index contributed by atoms with van der Waals surface area (Å²) in [7, 11) is 0. The average Bonchev–Trinajstić information content (AvgIpc) is 2.31. The predicted molar refractivity (Wildman–Crippen MR) is 74.4 cm³/mol. The zero-order valence-corrected chi connectivity index (χ0v) is 10.8. The van der Waals surface area contributed by atoms with E-state index in [0.717, 1.165) is 6.42 Å². The lowest BCUT2D eigenvalue weighted by molar-refractivity contribution is 0.723. The molecule has 0 N–H and O–H groups in total. The van der Waals surface area contributed by atoms with Crippen LogP contribution in [0, 0.1) is 6.58 Å². The SMILES string of the molecule is [CH]=CC/C=C/CCCC/C=C/CCCCC. The van der Waals surface area contributed by atoms with Gasteiger partial charge in [0, 0.05) is 0 Å². The fourth-order valence-electron chi connectivity index (χ4n) is 1.56. The normalized spacial score (nSPS) is 11.6. The van der Waals surface area contributed by atoms with E-state index in [4.69, 9.17) is 6.58 Å². The summed E-state index contributed by atoms with van der Waals surface area (Å²) in [5.74, 6) is 0. The van der Waals surface area contributed by atoms with E-state index in [-0.39, 0.29) is 0 Å². The van der Waals surface area contributed by atoms with E-state index in [0.29, 0.717) is 0 Å². The van der Waals surface area contributed by atoms with Gasteiger partial charge in [-0.05, 0) is 44.9 Å². The molecule has 0 bridgehead atoms. The Hall–Kier alpha value is -0.780. The molecule has 0 aromatic heterocycles. The molecule has 16 heavy (non-hydrogen) atoms. The Morgan fingerprint density at radius 2 is 1.25 bits per heavy atom. The van der Waals surface area contributed by atoms with Crippen LogP contribution in [0.3, 0.4) is 0 Å². The predicted octanol–water partition coefficient (Wildman–Crippen LogP) is 5.62. The molecule has 0 aromatic rings. The largest absolute Gasteiger partial charge is 0.0885 e. The quantitative estimate of drug-likeness (QED) is 0.312. The van der Waals surface area contributed by atoms with Crippen molar-refractivity contribution in [3.8, 4) is 0 Å². The van der Waals surface area contributed by atoms with Crippen LogP contribution in [0.5, 0.6) is 0 Å². The molecule has 0 nitrogen and oxygen atoms in total. The molecule has 0 aliphatic carbocycles. The van der Waals surface area contributed by atoms with E-state index in [2.05, 4.69) is 31.2 Å². The molecule has 91 valence electrons. The molecule has 1 radical (unpaired) electrons. The highest BCUT2D eigenvalue weighted by molar-refractivity contribution is 4.87. The van der Waals surface area contributed by atoms with Crippen LogP contribution >= 0.6 is 0 Å². The topological polar surface area (TPSA) is 0 Å². The number of hydrogen-bond donors (Lipinski definition) is 0. The molecule has 0 heteroatoms. The van der Waals surface area contributed by atoms with Crippen LogP contribution in [0.25, 0.3) is 0 Å². The van der Waals surface area contributed by atoms with Gasteiger partial charge in [-0.15, -0.1) is 0 Å². The summed E-state index contributed by atoms with van der Waals surface area (Å²) in [5, 5.41) is 0. The molecule has 0 fully saturated rings. The van der Waals surface area contributed by atoms with Crippen LogP contribution in [0.2, 0.25) is 0 Å². The Morgan fingerprint density at radius 3 is 1.75 bits per heavy atom. The third-order valence-electron chi connectivity index (χ3n) is 2.57. The van der Waals surface area contributed by atoms with Gasteiger partial charge in [-0.25, -0.2) is 0 Å². The third-order valence-corrected chi connectivity index (χ3v) is 2.57. The Bertz CT molecular complexity index is 186. The Kier molecular flexibility index (Phi) is 13.5. The first-order valence-corrected chi connectivity index (χ1v) is 6.75. The van der Waals surface area contributed by atoms with Gasteiger partial charge in [0.2, 0.25) is 0 Å². The summed E-state index contributed by atoms with van der Waals surface area (Å²) in [4.78, 5) is 0. The number of hydrogen-bond acceptors (Lipinski definition) is 0. The minimum atomic E-state index is 0.900. The van der Waals surface area contributed by atoms with E-state index < -0.39 is 0 Å². The summed E-state index contributed by atoms with van der Waals surface area (Å²) >= 11 is 0. The minimum absolute atomic E-state index is 0.900. The molecule has 0 saturated carbocycles. The molecule has 0 amide bonds. The van der Waals surface area contributed by atoms with Gasteiger partial charge < -0.3 is 0 Å². The van der Waals surface area contributed by atoms with Gasteiger partial charge in [0.05, 0.1) is 0 Å². The van der Waals surface area contributed by atoms with Gasteiger partial charge in [-0.2, -0.15) is 0 Å². The molecular formula is C16H27. The first-order valence-electron chi connectivity index (χ1n) is 6.75. The monoisotopic (exact) mass is 219 g/mol. The van der Waals surface area contributed by atoms with E-state index in [1.54, 1.807) is 6.08 Å². The average molecular weight is 219 g/mol. The van der Waals surface area contributed by atoms with E-state index in [1.165, 1.54) is 51.4 Å². The molecule has 0 unspecified atom stereocenters. The molecule has 0 aliphatic rings.